The van der Waals surface area contributed by atoms with Crippen LogP contribution in [0.1, 0.15) is 27.9 Å². The van der Waals surface area contributed by atoms with Crippen molar-refractivity contribution < 1.29 is 38.9 Å². The van der Waals surface area contributed by atoms with E-state index in [4.69, 9.17) is 10.5 Å². The zero-order chi connectivity index (χ0) is 26.9. The highest BCUT2D eigenvalue weighted by Gasteiger charge is 2.69. The van der Waals surface area contributed by atoms with E-state index in [0.29, 0.717) is 16.8 Å². The predicted molar refractivity (Wildman–Crippen MR) is 126 cm³/mol. The van der Waals surface area contributed by atoms with Crippen molar-refractivity contribution in [3.05, 3.63) is 22.8 Å². The van der Waals surface area contributed by atoms with Crippen molar-refractivity contribution in [2.24, 2.45) is 29.4 Å². The van der Waals surface area contributed by atoms with Gasteiger partial charge in [-0.1, -0.05) is 0 Å². The molecule has 0 aromatic heterocycles. The Kier molecular flexibility index (Phi) is 6.30. The molecule has 0 aliphatic heterocycles. The maximum absolute atomic E-state index is 13.8. The Bertz CT molecular complexity index is 1190. The number of phenolic OH excluding ortho intramolecular Hbond substituents is 1. The van der Waals surface area contributed by atoms with Crippen molar-refractivity contribution in [3.63, 3.8) is 0 Å². The number of ether oxygens (including phenoxy) is 1. The van der Waals surface area contributed by atoms with E-state index in [1.54, 1.807) is 39.2 Å². The highest BCUT2D eigenvalue weighted by atomic mass is 16.5. The van der Waals surface area contributed by atoms with Crippen LogP contribution in [0.3, 0.4) is 0 Å². The summed E-state index contributed by atoms with van der Waals surface area (Å²) in [6.07, 6.45) is 0.220. The van der Waals surface area contributed by atoms with Gasteiger partial charge in [0, 0.05) is 38.4 Å². The molecule has 1 aromatic rings. The van der Waals surface area contributed by atoms with Crippen molar-refractivity contribution in [2.75, 3.05) is 40.2 Å². The number of aliphatic hydroxyl groups is 1. The van der Waals surface area contributed by atoms with E-state index in [9.17, 15) is 34.2 Å². The fraction of sp³-hybridized carbons (Fsp3) is 0.560. The van der Waals surface area contributed by atoms with Crippen molar-refractivity contribution in [1.29, 1.82) is 0 Å². The SMILES string of the molecule is COCc1cc(N(C)C)c2c(c1O)C(=O)C1C(=O)[C@]3(O)C(=O)C(C(N)=O)C(=O)[C@@H](N(C)C)[C@@H]3C[C@@H]1C2. The van der Waals surface area contributed by atoms with Gasteiger partial charge in [-0.05, 0) is 44.5 Å². The second-order valence-electron chi connectivity index (χ2n) is 10.4. The van der Waals surface area contributed by atoms with Gasteiger partial charge in [0.25, 0.3) is 0 Å². The van der Waals surface area contributed by atoms with Gasteiger partial charge >= 0.3 is 0 Å². The van der Waals surface area contributed by atoms with Gasteiger partial charge in [-0.15, -0.1) is 0 Å². The van der Waals surface area contributed by atoms with Crippen molar-refractivity contribution >= 4 is 34.7 Å². The number of carbonyl (C=O) groups excluding carboxylic acids is 5. The summed E-state index contributed by atoms with van der Waals surface area (Å²) in [5.41, 5.74) is 4.13. The minimum Gasteiger partial charge on any atom is -0.507 e. The van der Waals surface area contributed by atoms with E-state index in [1.165, 1.54) is 12.0 Å². The molecule has 1 amide bonds. The highest BCUT2D eigenvalue weighted by molar-refractivity contribution is 6.32. The van der Waals surface area contributed by atoms with Gasteiger partial charge in [-0.2, -0.15) is 0 Å². The summed E-state index contributed by atoms with van der Waals surface area (Å²) in [5, 5.41) is 22.6. The molecule has 0 heterocycles. The largest absolute Gasteiger partial charge is 0.507 e. The molecule has 2 fully saturated rings. The highest BCUT2D eigenvalue weighted by Crippen LogP contribution is 2.52. The lowest BCUT2D eigenvalue weighted by molar-refractivity contribution is -0.181. The van der Waals surface area contributed by atoms with Crippen LogP contribution in [0.2, 0.25) is 0 Å². The molecule has 1 aromatic carbocycles. The standard InChI is InChI=1S/C25H31N3O8/c1-27(2)14-8-11(9-36-5)19(29)16-12(14)6-10-7-13-18(28(3)4)21(31)17(24(26)34)23(33)25(13,35)22(32)15(10)20(16)30/h8,10,13,15,17-18,29,35H,6-7,9H2,1-5H3,(H2,26,34)/t10-,13-,15?,17?,18-,25-/m0/s1. The lowest BCUT2D eigenvalue weighted by Gasteiger charge is -2.52. The summed E-state index contributed by atoms with van der Waals surface area (Å²) in [6.45, 7) is 0.0205. The molecule has 6 atom stereocenters. The van der Waals surface area contributed by atoms with E-state index in [2.05, 4.69) is 0 Å². The molecule has 3 aliphatic rings. The van der Waals surface area contributed by atoms with E-state index in [-0.39, 0.29) is 30.8 Å². The van der Waals surface area contributed by atoms with Gasteiger partial charge in [-0.3, -0.25) is 28.9 Å². The number of hydrogen-bond donors (Lipinski definition) is 3. The van der Waals surface area contributed by atoms with Crippen LogP contribution < -0.4 is 10.6 Å². The van der Waals surface area contributed by atoms with Crippen LogP contribution >= 0.6 is 0 Å². The average molecular weight is 502 g/mol. The first-order valence-corrected chi connectivity index (χ1v) is 11.7. The molecule has 11 heteroatoms. The predicted octanol–water partition coefficient (Wildman–Crippen LogP) is -0.921. The minimum atomic E-state index is -2.74. The number of fused-ring (bicyclic) bond motifs is 3. The topological polar surface area (TPSA) is 168 Å². The molecule has 0 saturated heterocycles. The number of likely N-dealkylation sites (N-methyl/N-ethyl adjacent to an activating group) is 1. The monoisotopic (exact) mass is 501 g/mol. The molecule has 2 saturated carbocycles. The van der Waals surface area contributed by atoms with Crippen LogP contribution in [0, 0.1) is 23.7 Å². The Morgan fingerprint density at radius 3 is 2.33 bits per heavy atom. The number of methoxy groups -OCH3 is 1. The van der Waals surface area contributed by atoms with E-state index >= 15 is 0 Å². The maximum Gasteiger partial charge on any atom is 0.235 e. The van der Waals surface area contributed by atoms with E-state index < -0.39 is 64.4 Å². The number of primary amides is 1. The second kappa shape index (κ2) is 8.75. The van der Waals surface area contributed by atoms with Crippen molar-refractivity contribution in [1.82, 2.24) is 4.90 Å². The van der Waals surface area contributed by atoms with E-state index in [0.717, 1.165) is 0 Å². The molecule has 3 aliphatic carbocycles. The number of Topliss-reactive ketones (excluding diaryl/α,β-unsaturated/α-hetero) is 4. The quantitative estimate of drug-likeness (QED) is 0.429. The number of hydrogen-bond acceptors (Lipinski definition) is 10. The normalized spacial score (nSPS) is 31.7. The zero-order valence-corrected chi connectivity index (χ0v) is 20.9. The Balaban J connectivity index is 1.90. The lowest BCUT2D eigenvalue weighted by Crippen LogP contribution is -2.74. The first-order chi connectivity index (χ1) is 16.8. The number of ketones is 4. The van der Waals surface area contributed by atoms with Crippen molar-refractivity contribution in [2.45, 2.75) is 31.1 Å². The number of phenols is 1. The molecular formula is C25H31N3O8. The van der Waals surface area contributed by atoms with Crippen LogP contribution in [0.4, 0.5) is 5.69 Å². The van der Waals surface area contributed by atoms with Crippen molar-refractivity contribution in [3.8, 4) is 5.75 Å². The van der Waals surface area contributed by atoms with Gasteiger partial charge in [-0.25, -0.2) is 0 Å². The summed E-state index contributed by atoms with van der Waals surface area (Å²) in [6, 6.07) is 0.595. The number of aromatic hydroxyl groups is 1. The van der Waals surface area contributed by atoms with Gasteiger partial charge in [0.15, 0.2) is 34.7 Å². The summed E-state index contributed by atoms with van der Waals surface area (Å²) < 4.78 is 5.15. The molecule has 194 valence electrons. The average Bonchev–Trinajstić information content (AvgIpc) is 2.77. The number of carbonyl (C=O) groups is 5. The third kappa shape index (κ3) is 3.40. The summed E-state index contributed by atoms with van der Waals surface area (Å²) in [5.74, 6) is -10.6. The Morgan fingerprint density at radius 1 is 1.17 bits per heavy atom. The maximum atomic E-state index is 13.8. The van der Waals surface area contributed by atoms with Gasteiger partial charge in [0.2, 0.25) is 5.91 Å². The molecule has 36 heavy (non-hydrogen) atoms. The fourth-order valence-corrected chi connectivity index (χ4v) is 6.37. The van der Waals surface area contributed by atoms with E-state index in [1.807, 2.05) is 0 Å². The lowest BCUT2D eigenvalue weighted by atomic mass is 9.52. The molecule has 0 radical (unpaired) electrons. The molecule has 4 N–H and O–H groups in total. The van der Waals surface area contributed by atoms with Crippen LogP contribution in [0.25, 0.3) is 0 Å². The number of rotatable bonds is 5. The Hall–Kier alpha value is -3.15. The first kappa shape index (κ1) is 25.9. The minimum absolute atomic E-state index is 0.0113. The molecule has 0 spiro atoms. The third-order valence-electron chi connectivity index (χ3n) is 7.90. The van der Waals surface area contributed by atoms with Crippen LogP contribution in [0.5, 0.6) is 5.75 Å². The Morgan fingerprint density at radius 2 is 1.81 bits per heavy atom. The number of nitrogens with zero attached hydrogens (tertiary/aromatic N) is 2. The molecule has 0 bridgehead atoms. The zero-order valence-electron chi connectivity index (χ0n) is 20.9. The van der Waals surface area contributed by atoms with Gasteiger partial charge in [0.1, 0.15) is 5.75 Å². The third-order valence-corrected chi connectivity index (χ3v) is 7.90. The van der Waals surface area contributed by atoms with Crippen LogP contribution in [-0.4, -0.2) is 91.1 Å². The Labute approximate surface area is 208 Å². The van der Waals surface area contributed by atoms with Gasteiger partial charge < -0.3 is 25.6 Å². The number of amides is 1. The smallest absolute Gasteiger partial charge is 0.235 e. The number of anilines is 1. The fourth-order valence-electron chi connectivity index (χ4n) is 6.37. The number of nitrogens with two attached hydrogens (primary N) is 1. The molecule has 4 rings (SSSR count). The van der Waals surface area contributed by atoms with Crippen LogP contribution in [-0.2, 0) is 36.9 Å². The summed E-state index contributed by atoms with van der Waals surface area (Å²) >= 11 is 0. The number of benzene rings is 1. The van der Waals surface area contributed by atoms with Gasteiger partial charge in [0.05, 0.1) is 24.1 Å². The molecular weight excluding hydrogens is 470 g/mol. The first-order valence-electron chi connectivity index (χ1n) is 11.7. The molecule has 2 unspecified atom stereocenters. The second-order valence-corrected chi connectivity index (χ2v) is 10.4. The summed E-state index contributed by atoms with van der Waals surface area (Å²) in [7, 11) is 8.12. The molecule has 11 nitrogen and oxygen atoms in total. The summed E-state index contributed by atoms with van der Waals surface area (Å²) in [4.78, 5) is 69.4. The van der Waals surface area contributed by atoms with Crippen LogP contribution in [0.15, 0.2) is 6.07 Å².